The largest absolute Gasteiger partial charge is 0.261 e. The van der Waals surface area contributed by atoms with E-state index < -0.39 is 9.05 Å². The molecule has 0 N–H and O–H groups in total. The van der Waals surface area contributed by atoms with Gasteiger partial charge in [-0.1, -0.05) is 18.2 Å². The van der Waals surface area contributed by atoms with Crippen LogP contribution in [0.2, 0.25) is 0 Å². The van der Waals surface area contributed by atoms with Crippen LogP contribution in [0, 0.1) is 0 Å². The number of benzene rings is 2. The molecule has 0 aliphatic heterocycles. The molecule has 0 unspecified atom stereocenters. The van der Waals surface area contributed by atoms with E-state index in [1.807, 2.05) is 0 Å². The summed E-state index contributed by atoms with van der Waals surface area (Å²) in [7, 11) is 1.50. The van der Waals surface area contributed by atoms with Crippen molar-refractivity contribution in [1.82, 2.24) is 0 Å². The topological polar surface area (TPSA) is 63.6 Å². The Kier molecular flexibility index (Phi) is 2.98. The minimum Gasteiger partial charge on any atom is -0.211 e. The summed E-state index contributed by atoms with van der Waals surface area (Å²) in [5, 5.41) is 1.13. The van der Waals surface area contributed by atoms with Crippen LogP contribution in [-0.4, -0.2) is 14.5 Å². The highest BCUT2D eigenvalue weighted by Crippen LogP contribution is 2.28. The molecule has 0 saturated carbocycles. The highest BCUT2D eigenvalue weighted by molar-refractivity contribution is 8.14. The third kappa shape index (κ3) is 2.36. The first-order chi connectivity index (χ1) is 8.02. The number of hydrogen-bond donors (Lipinski definition) is 0. The lowest BCUT2D eigenvalue weighted by Gasteiger charge is -2.03. The number of hydrogen-bond acceptors (Lipinski definition) is 4. The molecule has 0 amide bonds. The summed E-state index contributed by atoms with van der Waals surface area (Å²) in [6, 6.07) is 9.49. The molecule has 0 aliphatic rings. The second kappa shape index (κ2) is 4.30. The standard InChI is InChI=1S/C11H6ClNO3S/c12-17(15,16)11-3-1-2-8-4-5-9(13-7-14)6-10(8)11/h1-6H. The molecule has 0 radical (unpaired) electrons. The van der Waals surface area contributed by atoms with Gasteiger partial charge in [-0.05, 0) is 23.6 Å². The molecule has 17 heavy (non-hydrogen) atoms. The normalized spacial score (nSPS) is 11.1. The molecule has 0 spiro atoms. The summed E-state index contributed by atoms with van der Waals surface area (Å²) in [4.78, 5) is 13.6. The van der Waals surface area contributed by atoms with Crippen LogP contribution in [0.15, 0.2) is 46.3 Å². The first-order valence-electron chi connectivity index (χ1n) is 4.58. The van der Waals surface area contributed by atoms with Gasteiger partial charge in [0.25, 0.3) is 9.05 Å². The first kappa shape index (κ1) is 11.8. The van der Waals surface area contributed by atoms with Crippen LogP contribution >= 0.6 is 10.7 Å². The Morgan fingerprint density at radius 2 is 1.94 bits per heavy atom. The smallest absolute Gasteiger partial charge is 0.211 e. The van der Waals surface area contributed by atoms with E-state index >= 15 is 0 Å². The van der Waals surface area contributed by atoms with Crippen LogP contribution < -0.4 is 0 Å². The van der Waals surface area contributed by atoms with Crippen LogP contribution in [0.3, 0.4) is 0 Å². The van der Waals surface area contributed by atoms with Crippen LogP contribution in [-0.2, 0) is 13.8 Å². The second-order valence-corrected chi connectivity index (χ2v) is 5.84. The van der Waals surface area contributed by atoms with Crippen LogP contribution in [0.25, 0.3) is 10.8 Å². The lowest BCUT2D eigenvalue weighted by Crippen LogP contribution is -1.91. The molecule has 0 saturated heterocycles. The minimum atomic E-state index is -3.83. The van der Waals surface area contributed by atoms with Crippen molar-refractivity contribution in [2.24, 2.45) is 4.99 Å². The summed E-state index contributed by atoms with van der Waals surface area (Å²) in [6.07, 6.45) is 1.40. The van der Waals surface area contributed by atoms with E-state index in [-0.39, 0.29) is 4.90 Å². The lowest BCUT2D eigenvalue weighted by atomic mass is 10.1. The van der Waals surface area contributed by atoms with E-state index in [0.717, 1.165) is 0 Å². The first-order valence-corrected chi connectivity index (χ1v) is 6.88. The fourth-order valence-electron chi connectivity index (χ4n) is 1.57. The van der Waals surface area contributed by atoms with Crippen LogP contribution in [0.1, 0.15) is 0 Å². The number of isocyanates is 1. The molecule has 86 valence electrons. The zero-order valence-corrected chi connectivity index (χ0v) is 9.99. The summed E-state index contributed by atoms with van der Waals surface area (Å²) in [5.41, 5.74) is 0.334. The van der Waals surface area contributed by atoms with Crippen molar-refractivity contribution in [2.45, 2.75) is 4.90 Å². The Morgan fingerprint density at radius 1 is 1.18 bits per heavy atom. The fourth-order valence-corrected chi connectivity index (χ4v) is 2.65. The fraction of sp³-hybridized carbons (Fsp3) is 0. The third-order valence-corrected chi connectivity index (χ3v) is 3.64. The molecule has 0 atom stereocenters. The molecular formula is C11H6ClNO3S. The summed E-state index contributed by atoms with van der Waals surface area (Å²) in [5.74, 6) is 0. The highest BCUT2D eigenvalue weighted by Gasteiger charge is 2.13. The predicted octanol–water partition coefficient (Wildman–Crippen LogP) is 2.73. The van der Waals surface area contributed by atoms with Crippen LogP contribution in [0.5, 0.6) is 0 Å². The average molecular weight is 268 g/mol. The highest BCUT2D eigenvalue weighted by atomic mass is 35.7. The molecule has 6 heteroatoms. The van der Waals surface area contributed by atoms with E-state index in [1.165, 1.54) is 18.2 Å². The Labute approximate surface area is 102 Å². The van der Waals surface area contributed by atoms with Gasteiger partial charge in [-0.25, -0.2) is 13.2 Å². The molecular weight excluding hydrogens is 262 g/mol. The van der Waals surface area contributed by atoms with Gasteiger partial charge in [0.2, 0.25) is 6.08 Å². The van der Waals surface area contributed by atoms with Crippen molar-refractivity contribution >= 4 is 42.3 Å². The van der Waals surface area contributed by atoms with Crippen molar-refractivity contribution in [3.05, 3.63) is 36.4 Å². The van der Waals surface area contributed by atoms with Crippen molar-refractivity contribution in [2.75, 3.05) is 0 Å². The van der Waals surface area contributed by atoms with E-state index in [9.17, 15) is 13.2 Å². The summed E-state index contributed by atoms with van der Waals surface area (Å²) in [6.45, 7) is 0. The van der Waals surface area contributed by atoms with Crippen molar-refractivity contribution in [1.29, 1.82) is 0 Å². The lowest BCUT2D eigenvalue weighted by molar-refractivity contribution is 0.565. The molecule has 2 aromatic carbocycles. The molecule has 2 rings (SSSR count). The van der Waals surface area contributed by atoms with E-state index in [0.29, 0.717) is 16.5 Å². The van der Waals surface area contributed by atoms with Crippen LogP contribution in [0.4, 0.5) is 5.69 Å². The molecule has 0 aromatic heterocycles. The summed E-state index contributed by atoms with van der Waals surface area (Å²) < 4.78 is 22.7. The van der Waals surface area contributed by atoms with Gasteiger partial charge in [-0.2, -0.15) is 4.99 Å². The SMILES string of the molecule is O=C=Nc1ccc2cccc(S(=O)(=O)Cl)c2c1. The number of fused-ring (bicyclic) bond motifs is 1. The van der Waals surface area contributed by atoms with Crippen molar-refractivity contribution in [3.8, 4) is 0 Å². The average Bonchev–Trinajstić information content (AvgIpc) is 2.27. The maximum absolute atomic E-state index is 11.4. The monoisotopic (exact) mass is 267 g/mol. The van der Waals surface area contributed by atoms with Crippen molar-refractivity contribution in [3.63, 3.8) is 0 Å². The van der Waals surface area contributed by atoms with Crippen molar-refractivity contribution < 1.29 is 13.2 Å². The number of rotatable bonds is 2. The zero-order valence-electron chi connectivity index (χ0n) is 8.42. The Balaban J connectivity index is 2.86. The van der Waals surface area contributed by atoms with E-state index in [1.54, 1.807) is 24.3 Å². The van der Waals surface area contributed by atoms with Gasteiger partial charge >= 0.3 is 0 Å². The van der Waals surface area contributed by atoms with Gasteiger partial charge in [0.05, 0.1) is 10.6 Å². The van der Waals surface area contributed by atoms with Gasteiger partial charge in [-0.3, -0.25) is 0 Å². The van der Waals surface area contributed by atoms with E-state index in [4.69, 9.17) is 10.7 Å². The Hall–Kier alpha value is -1.68. The zero-order chi connectivity index (χ0) is 12.5. The van der Waals surface area contributed by atoms with Gasteiger partial charge in [0.1, 0.15) is 0 Å². The number of carbonyl (C=O) groups excluding carboxylic acids is 1. The number of halogens is 1. The molecule has 2 aromatic rings. The maximum Gasteiger partial charge on any atom is 0.261 e. The van der Waals surface area contributed by atoms with Gasteiger partial charge < -0.3 is 0 Å². The quantitative estimate of drug-likeness (QED) is 0.477. The van der Waals surface area contributed by atoms with Gasteiger partial charge in [-0.15, -0.1) is 0 Å². The van der Waals surface area contributed by atoms with Gasteiger partial charge in [0, 0.05) is 16.1 Å². The number of aliphatic imine (C=N–C) groups is 1. The molecule has 0 heterocycles. The Bertz CT molecular complexity index is 733. The number of nitrogens with zero attached hydrogens (tertiary/aromatic N) is 1. The Morgan fingerprint density at radius 3 is 2.59 bits per heavy atom. The minimum absolute atomic E-state index is 0.000356. The molecule has 0 aliphatic carbocycles. The summed E-state index contributed by atoms with van der Waals surface area (Å²) >= 11 is 0. The van der Waals surface area contributed by atoms with Gasteiger partial charge in [0.15, 0.2) is 0 Å². The second-order valence-electron chi connectivity index (χ2n) is 3.30. The predicted molar refractivity (Wildman–Crippen MR) is 64.8 cm³/mol. The molecule has 0 fully saturated rings. The maximum atomic E-state index is 11.4. The molecule has 4 nitrogen and oxygen atoms in total. The third-order valence-electron chi connectivity index (χ3n) is 2.26. The molecule has 0 bridgehead atoms. The van der Waals surface area contributed by atoms with E-state index in [2.05, 4.69) is 4.99 Å².